The van der Waals surface area contributed by atoms with Crippen LogP contribution in [-0.4, -0.2) is 11.7 Å². The molecular formula is C11H10O. The van der Waals surface area contributed by atoms with Gasteiger partial charge in [0.15, 0.2) is 0 Å². The van der Waals surface area contributed by atoms with Crippen molar-refractivity contribution in [3.8, 4) is 24.7 Å². The molecule has 12 heavy (non-hydrogen) atoms. The Morgan fingerprint density at radius 2 is 1.67 bits per heavy atom. The molecule has 0 spiro atoms. The summed E-state index contributed by atoms with van der Waals surface area (Å²) in [5, 5.41) is 7.64. The zero-order chi connectivity index (χ0) is 9.23. The summed E-state index contributed by atoms with van der Waals surface area (Å²) in [4.78, 5) is 0. The first kappa shape index (κ1) is 10.3. The van der Waals surface area contributed by atoms with E-state index in [2.05, 4.69) is 12.3 Å². The number of rotatable bonds is 0. The minimum absolute atomic E-state index is 0.153. The lowest BCUT2D eigenvalue weighted by molar-refractivity contribution is 0.351. The molecule has 0 aromatic heterocycles. The summed E-state index contributed by atoms with van der Waals surface area (Å²) in [6, 6.07) is 9.60. The zero-order valence-corrected chi connectivity index (χ0v) is 6.70. The lowest BCUT2D eigenvalue weighted by Gasteiger charge is -1.82. The van der Waals surface area contributed by atoms with Gasteiger partial charge in [-0.2, -0.15) is 0 Å². The molecule has 60 valence electrons. The maximum Gasteiger partial charge on any atom is 0.103 e. The van der Waals surface area contributed by atoms with E-state index in [1.54, 1.807) is 0 Å². The molecule has 1 aromatic carbocycles. The SMILES string of the molecule is C#CCO.C#Cc1ccccc1. The first-order valence-corrected chi connectivity index (χ1v) is 3.41. The van der Waals surface area contributed by atoms with Gasteiger partial charge < -0.3 is 5.11 Å². The molecule has 0 unspecified atom stereocenters. The van der Waals surface area contributed by atoms with Crippen molar-refractivity contribution in [1.29, 1.82) is 0 Å². The molecule has 0 radical (unpaired) electrons. The number of aliphatic hydroxyl groups excluding tert-OH is 1. The van der Waals surface area contributed by atoms with E-state index in [1.165, 1.54) is 0 Å². The second-order valence-corrected chi connectivity index (χ2v) is 1.87. The number of terminal acetylenes is 2. The molecular weight excluding hydrogens is 148 g/mol. The van der Waals surface area contributed by atoms with Crippen LogP contribution < -0.4 is 0 Å². The predicted molar refractivity (Wildman–Crippen MR) is 50.3 cm³/mol. The van der Waals surface area contributed by atoms with Gasteiger partial charge >= 0.3 is 0 Å². The fourth-order valence-electron chi connectivity index (χ4n) is 0.534. The largest absolute Gasteiger partial charge is 0.384 e. The van der Waals surface area contributed by atoms with Crippen molar-refractivity contribution in [2.75, 3.05) is 6.61 Å². The lowest BCUT2D eigenvalue weighted by Crippen LogP contribution is -1.66. The van der Waals surface area contributed by atoms with Crippen LogP contribution in [0.5, 0.6) is 0 Å². The van der Waals surface area contributed by atoms with Gasteiger partial charge in [0, 0.05) is 5.56 Å². The van der Waals surface area contributed by atoms with Crippen molar-refractivity contribution >= 4 is 0 Å². The summed E-state index contributed by atoms with van der Waals surface area (Å²) in [6.45, 7) is -0.153. The Morgan fingerprint density at radius 1 is 1.17 bits per heavy atom. The van der Waals surface area contributed by atoms with Crippen LogP contribution in [0.1, 0.15) is 5.56 Å². The molecule has 0 amide bonds. The first-order valence-electron chi connectivity index (χ1n) is 3.41. The van der Waals surface area contributed by atoms with Gasteiger partial charge in [-0.25, -0.2) is 0 Å². The Labute approximate surface area is 73.1 Å². The standard InChI is InChI=1S/C8H6.C3H4O/c1-2-8-6-4-3-5-7-8;1-2-3-4/h1,3-7H;1,4H,3H2. The number of hydrogen-bond donors (Lipinski definition) is 1. The van der Waals surface area contributed by atoms with Crippen molar-refractivity contribution in [2.24, 2.45) is 0 Å². The van der Waals surface area contributed by atoms with Gasteiger partial charge in [-0.05, 0) is 12.1 Å². The van der Waals surface area contributed by atoms with Crippen LogP contribution in [0.25, 0.3) is 0 Å². The summed E-state index contributed by atoms with van der Waals surface area (Å²) >= 11 is 0. The van der Waals surface area contributed by atoms with Crippen molar-refractivity contribution < 1.29 is 5.11 Å². The van der Waals surface area contributed by atoms with Crippen molar-refractivity contribution in [1.82, 2.24) is 0 Å². The highest BCUT2D eigenvalue weighted by Crippen LogP contribution is 1.92. The van der Waals surface area contributed by atoms with E-state index in [0.717, 1.165) is 5.56 Å². The lowest BCUT2D eigenvalue weighted by atomic mass is 10.2. The molecule has 0 aliphatic carbocycles. The van der Waals surface area contributed by atoms with Crippen molar-refractivity contribution in [3.63, 3.8) is 0 Å². The molecule has 0 bridgehead atoms. The molecule has 0 fully saturated rings. The quantitative estimate of drug-likeness (QED) is 0.564. The molecule has 0 saturated heterocycles. The molecule has 1 heteroatoms. The number of benzene rings is 1. The Morgan fingerprint density at radius 3 is 1.92 bits per heavy atom. The normalized spacial score (nSPS) is 6.92. The fraction of sp³-hybridized carbons (Fsp3) is 0.0909. The maximum absolute atomic E-state index is 7.64. The smallest absolute Gasteiger partial charge is 0.103 e. The number of hydrogen-bond acceptors (Lipinski definition) is 1. The molecule has 1 rings (SSSR count). The average Bonchev–Trinajstić information content (AvgIpc) is 2.19. The van der Waals surface area contributed by atoms with E-state index in [9.17, 15) is 0 Å². The summed E-state index contributed by atoms with van der Waals surface area (Å²) in [7, 11) is 0. The van der Waals surface area contributed by atoms with Gasteiger partial charge in [0.1, 0.15) is 6.61 Å². The Hall–Kier alpha value is -1.70. The highest BCUT2D eigenvalue weighted by Gasteiger charge is 1.76. The molecule has 0 heterocycles. The second-order valence-electron chi connectivity index (χ2n) is 1.87. The fourth-order valence-corrected chi connectivity index (χ4v) is 0.534. The summed E-state index contributed by atoms with van der Waals surface area (Å²) < 4.78 is 0. The van der Waals surface area contributed by atoms with Gasteiger partial charge in [-0.3, -0.25) is 0 Å². The van der Waals surface area contributed by atoms with Crippen LogP contribution in [0, 0.1) is 24.7 Å². The number of aliphatic hydroxyl groups is 1. The Bertz CT molecular complexity index is 274. The van der Waals surface area contributed by atoms with Gasteiger partial charge in [-0.1, -0.05) is 30.0 Å². The third-order valence-corrected chi connectivity index (χ3v) is 1.03. The molecule has 1 nitrogen and oxygen atoms in total. The average molecular weight is 158 g/mol. The minimum atomic E-state index is -0.153. The highest BCUT2D eigenvalue weighted by atomic mass is 16.2. The van der Waals surface area contributed by atoms with Gasteiger partial charge in [-0.15, -0.1) is 12.8 Å². The second kappa shape index (κ2) is 7.41. The van der Waals surface area contributed by atoms with Gasteiger partial charge in [0.05, 0.1) is 0 Å². The molecule has 1 aromatic rings. The van der Waals surface area contributed by atoms with Crippen LogP contribution in [0.2, 0.25) is 0 Å². The molecule has 1 N–H and O–H groups in total. The van der Waals surface area contributed by atoms with E-state index in [1.807, 2.05) is 36.3 Å². The minimum Gasteiger partial charge on any atom is -0.384 e. The summed E-state index contributed by atoms with van der Waals surface area (Å²) in [6.07, 6.45) is 9.63. The maximum atomic E-state index is 7.64. The van der Waals surface area contributed by atoms with Crippen molar-refractivity contribution in [3.05, 3.63) is 35.9 Å². The van der Waals surface area contributed by atoms with E-state index in [4.69, 9.17) is 11.5 Å². The van der Waals surface area contributed by atoms with E-state index in [0.29, 0.717) is 0 Å². The van der Waals surface area contributed by atoms with Crippen LogP contribution in [0.3, 0.4) is 0 Å². The monoisotopic (exact) mass is 158 g/mol. The van der Waals surface area contributed by atoms with E-state index < -0.39 is 0 Å². The van der Waals surface area contributed by atoms with Gasteiger partial charge in [0.2, 0.25) is 0 Å². The third-order valence-electron chi connectivity index (χ3n) is 1.03. The van der Waals surface area contributed by atoms with Crippen LogP contribution in [-0.2, 0) is 0 Å². The first-order chi connectivity index (χ1) is 5.85. The van der Waals surface area contributed by atoms with Gasteiger partial charge in [0.25, 0.3) is 0 Å². The van der Waals surface area contributed by atoms with E-state index >= 15 is 0 Å². The predicted octanol–water partition coefficient (Wildman–Crippen LogP) is 1.28. The molecule has 0 aliphatic rings. The van der Waals surface area contributed by atoms with E-state index in [-0.39, 0.29) is 6.61 Å². The van der Waals surface area contributed by atoms with Crippen LogP contribution in [0.4, 0.5) is 0 Å². The van der Waals surface area contributed by atoms with Crippen LogP contribution in [0.15, 0.2) is 30.3 Å². The molecule has 0 aliphatic heterocycles. The molecule has 0 saturated carbocycles. The zero-order valence-electron chi connectivity index (χ0n) is 6.70. The third kappa shape index (κ3) is 5.11. The summed E-state index contributed by atoms with van der Waals surface area (Å²) in [5.41, 5.74) is 0.938. The summed E-state index contributed by atoms with van der Waals surface area (Å²) in [5.74, 6) is 4.51. The Kier molecular flexibility index (Phi) is 6.36. The highest BCUT2D eigenvalue weighted by molar-refractivity contribution is 5.30. The van der Waals surface area contributed by atoms with Crippen molar-refractivity contribution in [2.45, 2.75) is 0 Å². The topological polar surface area (TPSA) is 20.2 Å². The molecule has 0 atom stereocenters. The van der Waals surface area contributed by atoms with Crippen LogP contribution >= 0.6 is 0 Å². The Balaban J connectivity index is 0.000000261.